The summed E-state index contributed by atoms with van der Waals surface area (Å²) in [5.41, 5.74) is 10.5. The number of aliphatic hydroxyl groups is 1. The fraction of sp³-hybridized carbons (Fsp3) is 0.289. The molecule has 0 unspecified atom stereocenters. The number of hydrogen-bond donors (Lipinski definition) is 5. The Morgan fingerprint density at radius 2 is 1.43 bits per heavy atom. The third-order valence-electron chi connectivity index (χ3n) is 8.16. The second-order valence-electron chi connectivity index (χ2n) is 11.9. The van der Waals surface area contributed by atoms with Crippen molar-refractivity contribution in [1.29, 1.82) is 0 Å². The van der Waals surface area contributed by atoms with Crippen LogP contribution in [0.5, 0.6) is 0 Å². The molecule has 10 nitrogen and oxygen atoms in total. The fourth-order valence-electron chi connectivity index (χ4n) is 5.42. The van der Waals surface area contributed by atoms with Crippen LogP contribution in [0, 0.1) is 0 Å². The highest BCUT2D eigenvalue weighted by Crippen LogP contribution is 2.39. The number of rotatable bonds is 15. The molecule has 4 aromatic rings. The van der Waals surface area contributed by atoms with Gasteiger partial charge >= 0.3 is 5.97 Å². The molecule has 0 aromatic heterocycles. The van der Waals surface area contributed by atoms with Gasteiger partial charge in [0.1, 0.15) is 0 Å². The molecule has 256 valence electrons. The first-order valence-electron chi connectivity index (χ1n) is 16.3. The van der Waals surface area contributed by atoms with Gasteiger partial charge in [0.05, 0.1) is 35.8 Å². The van der Waals surface area contributed by atoms with Gasteiger partial charge in [-0.2, -0.15) is 0 Å². The number of anilines is 3. The molecule has 2 amide bonds. The van der Waals surface area contributed by atoms with Crippen molar-refractivity contribution in [3.8, 4) is 0 Å². The zero-order valence-corrected chi connectivity index (χ0v) is 27.9. The molecule has 4 aromatic carbocycles. The molecule has 0 spiro atoms. The fourth-order valence-corrected chi connectivity index (χ4v) is 6.35. The van der Waals surface area contributed by atoms with Gasteiger partial charge < -0.3 is 36.1 Å². The number of carbonyl (C=O) groups is 3. The Morgan fingerprint density at radius 1 is 0.776 bits per heavy atom. The van der Waals surface area contributed by atoms with Crippen LogP contribution in [0.15, 0.2) is 102 Å². The summed E-state index contributed by atoms with van der Waals surface area (Å²) in [6.07, 6.45) is 2.36. The van der Waals surface area contributed by atoms with Crippen LogP contribution in [0.1, 0.15) is 78.0 Å². The molecule has 0 aliphatic carbocycles. The number of unbranched alkanes of at least 4 members (excludes halogenated alkanes) is 2. The summed E-state index contributed by atoms with van der Waals surface area (Å²) in [6.45, 7) is -0.0372. The monoisotopic (exact) mass is 683 g/mol. The van der Waals surface area contributed by atoms with E-state index < -0.39 is 12.3 Å². The highest BCUT2D eigenvalue weighted by Gasteiger charge is 2.32. The molecule has 0 bridgehead atoms. The average Bonchev–Trinajstić information content (AvgIpc) is 3.12. The molecule has 1 heterocycles. The van der Waals surface area contributed by atoms with Gasteiger partial charge in [0.15, 0.2) is 6.29 Å². The Labute approximate surface area is 290 Å². The molecular formula is C38H41N3O7S. The number of aliphatic hydroxyl groups excluding tert-OH is 1. The lowest BCUT2D eigenvalue weighted by atomic mass is 10.0. The number of nitrogens with two attached hydrogens (primary N) is 1. The van der Waals surface area contributed by atoms with Crippen molar-refractivity contribution in [2.45, 2.75) is 68.5 Å². The zero-order chi connectivity index (χ0) is 34.6. The summed E-state index contributed by atoms with van der Waals surface area (Å²) in [5.74, 6) is -0.522. The molecule has 6 N–H and O–H groups in total. The van der Waals surface area contributed by atoms with E-state index >= 15 is 0 Å². The lowest BCUT2D eigenvalue weighted by molar-refractivity contribution is -0.245. The molecular weight excluding hydrogens is 642 g/mol. The standard InChI is InChI=1S/C38H41N3O7S/c39-32-6-4-5-7-33(32)41-36(44)9-3-1-2-8-35(43)40-29-18-14-28(15-19-29)38-47-30(24-49-31-20-16-27(17-21-31)37(45)46)22-34(48-38)26-12-10-25(23-42)11-13-26/h4-7,10-21,30,34,38,42H,1-3,8-9,22-24,39H2,(H,40,43)(H,41,44)(H,45,46)/t30-,34+,38+/m1/s1. The summed E-state index contributed by atoms with van der Waals surface area (Å²) in [4.78, 5) is 37.0. The summed E-state index contributed by atoms with van der Waals surface area (Å²) >= 11 is 1.59. The van der Waals surface area contributed by atoms with Crippen LogP contribution >= 0.6 is 11.8 Å². The maximum atomic E-state index is 12.6. The van der Waals surface area contributed by atoms with Crippen LogP contribution in [0.3, 0.4) is 0 Å². The van der Waals surface area contributed by atoms with E-state index in [9.17, 15) is 24.6 Å². The Hall–Kier alpha value is -4.68. The van der Waals surface area contributed by atoms with E-state index in [-0.39, 0.29) is 36.2 Å². The first kappa shape index (κ1) is 35.6. The quantitative estimate of drug-likeness (QED) is 0.0491. The van der Waals surface area contributed by atoms with E-state index in [4.69, 9.17) is 15.2 Å². The molecule has 49 heavy (non-hydrogen) atoms. The Bertz CT molecular complexity index is 1700. The minimum absolute atomic E-state index is 0.0372. The third-order valence-corrected chi connectivity index (χ3v) is 9.31. The predicted molar refractivity (Wildman–Crippen MR) is 190 cm³/mol. The number of nitrogens with one attached hydrogen (secondary N) is 2. The summed E-state index contributed by atoms with van der Waals surface area (Å²) in [7, 11) is 0. The van der Waals surface area contributed by atoms with Gasteiger partial charge in [-0.25, -0.2) is 4.79 Å². The lowest BCUT2D eigenvalue weighted by Crippen LogP contribution is -2.31. The molecule has 11 heteroatoms. The van der Waals surface area contributed by atoms with E-state index in [1.165, 1.54) is 0 Å². The predicted octanol–water partition coefficient (Wildman–Crippen LogP) is 7.32. The number of carboxylic acids is 1. The lowest BCUT2D eigenvalue weighted by Gasteiger charge is -2.36. The smallest absolute Gasteiger partial charge is 0.335 e. The summed E-state index contributed by atoms with van der Waals surface area (Å²) in [5, 5.41) is 24.4. The number of carbonyl (C=O) groups excluding carboxylic acids is 2. The number of ether oxygens (including phenoxy) is 2. The number of para-hydroxylation sites is 2. The second kappa shape index (κ2) is 17.6. The highest BCUT2D eigenvalue weighted by atomic mass is 32.2. The number of amides is 2. The van der Waals surface area contributed by atoms with Crippen molar-refractivity contribution in [2.24, 2.45) is 0 Å². The molecule has 0 saturated carbocycles. The number of carboxylic acid groups (broad SMARTS) is 1. The average molecular weight is 684 g/mol. The van der Waals surface area contributed by atoms with E-state index in [0.29, 0.717) is 54.9 Å². The summed E-state index contributed by atoms with van der Waals surface area (Å²) in [6, 6.07) is 29.0. The normalized spacial score (nSPS) is 17.3. The van der Waals surface area contributed by atoms with E-state index in [2.05, 4.69) is 10.6 Å². The van der Waals surface area contributed by atoms with Crippen molar-refractivity contribution < 1.29 is 34.1 Å². The third kappa shape index (κ3) is 10.7. The van der Waals surface area contributed by atoms with Crippen LogP contribution < -0.4 is 16.4 Å². The first-order chi connectivity index (χ1) is 23.8. The van der Waals surface area contributed by atoms with Gasteiger partial charge in [-0.1, -0.05) is 55.0 Å². The topological polar surface area (TPSA) is 160 Å². The molecule has 3 atom stereocenters. The number of aromatic carboxylic acids is 1. The Kier molecular flexibility index (Phi) is 12.8. The molecule has 1 aliphatic heterocycles. The Morgan fingerprint density at radius 3 is 2.08 bits per heavy atom. The second-order valence-corrected chi connectivity index (χ2v) is 13.0. The van der Waals surface area contributed by atoms with Crippen molar-refractivity contribution in [1.82, 2.24) is 0 Å². The molecule has 0 radical (unpaired) electrons. The Balaban J connectivity index is 1.12. The van der Waals surface area contributed by atoms with Gasteiger partial charge in [0, 0.05) is 41.2 Å². The number of nitrogen functional groups attached to an aromatic ring is 1. The van der Waals surface area contributed by atoms with E-state index in [0.717, 1.165) is 28.0 Å². The molecule has 1 saturated heterocycles. The SMILES string of the molecule is Nc1ccccc1NC(=O)CCCCCC(=O)Nc1ccc([C@H]2O[C@@H](CSc3ccc(C(=O)O)cc3)C[C@@H](c3ccc(CO)cc3)O2)cc1. The number of benzene rings is 4. The van der Waals surface area contributed by atoms with E-state index in [1.807, 2.05) is 60.7 Å². The van der Waals surface area contributed by atoms with Gasteiger partial charge in [-0.05, 0) is 72.5 Å². The van der Waals surface area contributed by atoms with Gasteiger partial charge in [0.25, 0.3) is 0 Å². The first-order valence-corrected chi connectivity index (χ1v) is 17.3. The molecule has 1 fully saturated rings. The van der Waals surface area contributed by atoms with Crippen molar-refractivity contribution in [3.05, 3.63) is 119 Å². The molecule has 1 aliphatic rings. The minimum atomic E-state index is -0.961. The van der Waals surface area contributed by atoms with Crippen molar-refractivity contribution >= 4 is 46.6 Å². The zero-order valence-electron chi connectivity index (χ0n) is 27.0. The van der Waals surface area contributed by atoms with Crippen molar-refractivity contribution in [2.75, 3.05) is 22.1 Å². The van der Waals surface area contributed by atoms with E-state index in [1.54, 1.807) is 48.2 Å². The summed E-state index contributed by atoms with van der Waals surface area (Å²) < 4.78 is 12.8. The minimum Gasteiger partial charge on any atom is -0.478 e. The van der Waals surface area contributed by atoms with Crippen LogP contribution in [0.25, 0.3) is 0 Å². The largest absolute Gasteiger partial charge is 0.478 e. The maximum absolute atomic E-state index is 12.6. The van der Waals surface area contributed by atoms with Gasteiger partial charge in [-0.3, -0.25) is 9.59 Å². The molecule has 5 rings (SSSR count). The number of thioether (sulfide) groups is 1. The maximum Gasteiger partial charge on any atom is 0.335 e. The van der Waals surface area contributed by atoms with Gasteiger partial charge in [-0.15, -0.1) is 11.8 Å². The van der Waals surface area contributed by atoms with Gasteiger partial charge in [0.2, 0.25) is 11.8 Å². The number of hydrogen-bond acceptors (Lipinski definition) is 8. The van der Waals surface area contributed by atoms with Crippen molar-refractivity contribution in [3.63, 3.8) is 0 Å². The van der Waals surface area contributed by atoms with Crippen LogP contribution in [-0.2, 0) is 25.7 Å². The van der Waals surface area contributed by atoms with Crippen LogP contribution in [0.2, 0.25) is 0 Å². The van der Waals surface area contributed by atoms with Crippen LogP contribution in [-0.4, -0.2) is 39.9 Å². The highest BCUT2D eigenvalue weighted by molar-refractivity contribution is 7.99. The van der Waals surface area contributed by atoms with Crippen LogP contribution in [0.4, 0.5) is 17.1 Å².